The molecule has 0 bridgehead atoms. The van der Waals surface area contributed by atoms with Crippen molar-refractivity contribution in [3.05, 3.63) is 16.9 Å². The predicted octanol–water partition coefficient (Wildman–Crippen LogP) is 2.27. The lowest BCUT2D eigenvalue weighted by Gasteiger charge is -2.34. The monoisotopic (exact) mass is 286 g/mol. The van der Waals surface area contributed by atoms with Crippen molar-refractivity contribution in [3.63, 3.8) is 0 Å². The Bertz CT molecular complexity index is 415. The summed E-state index contributed by atoms with van der Waals surface area (Å²) in [5.41, 5.74) is 4.08. The largest absolute Gasteiger partial charge is 0.383 e. The van der Waals surface area contributed by atoms with Crippen LogP contribution in [0.4, 0.5) is 0 Å². The molecule has 1 aliphatic carbocycles. The fourth-order valence-corrected chi connectivity index (χ4v) is 3.35. The Labute approximate surface area is 119 Å². The number of nitrogens with zero attached hydrogens (tertiary/aromatic N) is 2. The van der Waals surface area contributed by atoms with Gasteiger partial charge in [-0.2, -0.15) is 5.10 Å². The zero-order valence-electron chi connectivity index (χ0n) is 11.7. The van der Waals surface area contributed by atoms with Gasteiger partial charge in [0.05, 0.1) is 36.1 Å². The van der Waals surface area contributed by atoms with Crippen LogP contribution in [0.5, 0.6) is 0 Å². The number of rotatable bonds is 6. The van der Waals surface area contributed by atoms with Gasteiger partial charge in [0.2, 0.25) is 0 Å². The Morgan fingerprint density at radius 2 is 2.26 bits per heavy atom. The number of hydrogen-bond acceptors (Lipinski definition) is 4. The van der Waals surface area contributed by atoms with Crippen molar-refractivity contribution < 1.29 is 4.74 Å². The van der Waals surface area contributed by atoms with Gasteiger partial charge in [-0.1, -0.05) is 31.4 Å². The van der Waals surface area contributed by atoms with Gasteiger partial charge >= 0.3 is 0 Å². The molecule has 6 heteroatoms. The molecule has 1 fully saturated rings. The topological polar surface area (TPSA) is 65.1 Å². The van der Waals surface area contributed by atoms with Gasteiger partial charge in [0.25, 0.3) is 0 Å². The normalized spacial score (nSPS) is 19.8. The van der Waals surface area contributed by atoms with Gasteiger partial charge < -0.3 is 4.74 Å². The summed E-state index contributed by atoms with van der Waals surface area (Å²) in [7, 11) is 1.68. The van der Waals surface area contributed by atoms with E-state index >= 15 is 0 Å². The van der Waals surface area contributed by atoms with Crippen molar-refractivity contribution in [1.29, 1.82) is 0 Å². The van der Waals surface area contributed by atoms with Crippen molar-refractivity contribution in [2.45, 2.75) is 45.2 Å². The molecule has 1 heterocycles. The molecule has 1 saturated carbocycles. The molecule has 0 aromatic carbocycles. The first-order valence-corrected chi connectivity index (χ1v) is 7.16. The van der Waals surface area contributed by atoms with Crippen LogP contribution in [0, 0.1) is 5.41 Å². The van der Waals surface area contributed by atoms with Crippen LogP contribution < -0.4 is 11.3 Å². The van der Waals surface area contributed by atoms with E-state index < -0.39 is 0 Å². The quantitative estimate of drug-likeness (QED) is 0.622. The van der Waals surface area contributed by atoms with E-state index in [9.17, 15) is 0 Å². The van der Waals surface area contributed by atoms with Crippen LogP contribution in [0.2, 0.25) is 5.02 Å². The molecule has 1 atom stereocenters. The number of hydrazine groups is 1. The van der Waals surface area contributed by atoms with Crippen LogP contribution in [-0.4, -0.2) is 23.5 Å². The Kier molecular flexibility index (Phi) is 4.84. The van der Waals surface area contributed by atoms with Gasteiger partial charge in [0, 0.05) is 7.11 Å². The second-order valence-electron chi connectivity index (χ2n) is 5.55. The Hall–Kier alpha value is -0.620. The predicted molar refractivity (Wildman–Crippen MR) is 75.8 cm³/mol. The maximum absolute atomic E-state index is 6.32. The average molecular weight is 287 g/mol. The Balaban J connectivity index is 2.29. The van der Waals surface area contributed by atoms with Gasteiger partial charge in [-0.25, -0.2) is 0 Å². The fourth-order valence-electron chi connectivity index (χ4n) is 3.10. The summed E-state index contributed by atoms with van der Waals surface area (Å²) in [5, 5.41) is 5.01. The molecule has 5 nitrogen and oxygen atoms in total. The highest BCUT2D eigenvalue weighted by atomic mass is 35.5. The number of aromatic nitrogens is 2. The molecule has 0 saturated heterocycles. The first-order chi connectivity index (χ1) is 9.12. The molecule has 1 aromatic heterocycles. The smallest absolute Gasteiger partial charge is 0.0834 e. The summed E-state index contributed by atoms with van der Waals surface area (Å²) in [6.07, 6.45) is 6.51. The lowest BCUT2D eigenvalue weighted by Crippen LogP contribution is -2.40. The summed E-state index contributed by atoms with van der Waals surface area (Å²) in [6.45, 7) is 3.57. The van der Waals surface area contributed by atoms with Gasteiger partial charge in [0.15, 0.2) is 0 Å². The molecule has 2 rings (SSSR count). The third-order valence-electron chi connectivity index (χ3n) is 4.22. The maximum Gasteiger partial charge on any atom is 0.0834 e. The highest BCUT2D eigenvalue weighted by molar-refractivity contribution is 6.31. The Morgan fingerprint density at radius 3 is 2.84 bits per heavy atom. The molecule has 0 amide bonds. The number of halogens is 1. The zero-order chi connectivity index (χ0) is 13.9. The molecule has 108 valence electrons. The molecular formula is C13H23ClN4O. The molecule has 0 spiro atoms. The van der Waals surface area contributed by atoms with Crippen molar-refractivity contribution in [2.24, 2.45) is 11.3 Å². The third kappa shape index (κ3) is 2.94. The van der Waals surface area contributed by atoms with Crippen LogP contribution in [0.3, 0.4) is 0 Å². The minimum atomic E-state index is 0.0295. The summed E-state index contributed by atoms with van der Waals surface area (Å²) in [6, 6.07) is 0.0295. The lowest BCUT2D eigenvalue weighted by molar-refractivity contribution is 0.173. The van der Waals surface area contributed by atoms with E-state index in [4.69, 9.17) is 22.2 Å². The number of nitrogens with one attached hydrogen (secondary N) is 1. The summed E-state index contributed by atoms with van der Waals surface area (Å²) >= 11 is 6.32. The highest BCUT2D eigenvalue weighted by Gasteiger charge is 2.40. The summed E-state index contributed by atoms with van der Waals surface area (Å²) < 4.78 is 7.02. The highest BCUT2D eigenvalue weighted by Crippen LogP contribution is 2.48. The molecular weight excluding hydrogens is 264 g/mol. The first kappa shape index (κ1) is 14.8. The molecule has 3 N–H and O–H groups in total. The van der Waals surface area contributed by atoms with Gasteiger partial charge in [-0.3, -0.25) is 16.0 Å². The van der Waals surface area contributed by atoms with Crippen molar-refractivity contribution in [1.82, 2.24) is 15.2 Å². The Morgan fingerprint density at radius 1 is 1.58 bits per heavy atom. The van der Waals surface area contributed by atoms with E-state index in [0.29, 0.717) is 18.2 Å². The lowest BCUT2D eigenvalue weighted by atomic mass is 9.79. The van der Waals surface area contributed by atoms with E-state index in [0.717, 1.165) is 18.5 Å². The van der Waals surface area contributed by atoms with Crippen molar-refractivity contribution in [3.8, 4) is 0 Å². The van der Waals surface area contributed by atoms with Crippen LogP contribution in [0.15, 0.2) is 6.20 Å². The second kappa shape index (κ2) is 6.22. The standard InChI is InChI=1S/C13H23ClN4O/c1-13(5-3-4-6-13)12(17-15)11-10(14)9-16-18(11)7-8-19-2/h9,12,17H,3-8,15H2,1-2H3. The van der Waals surface area contributed by atoms with Crippen LogP contribution in [0.25, 0.3) is 0 Å². The molecule has 1 aliphatic rings. The zero-order valence-corrected chi connectivity index (χ0v) is 12.4. The van der Waals surface area contributed by atoms with Gasteiger partial charge in [0.1, 0.15) is 0 Å². The minimum Gasteiger partial charge on any atom is -0.383 e. The fraction of sp³-hybridized carbons (Fsp3) is 0.769. The first-order valence-electron chi connectivity index (χ1n) is 6.78. The van der Waals surface area contributed by atoms with Crippen LogP contribution in [0.1, 0.15) is 44.3 Å². The van der Waals surface area contributed by atoms with Gasteiger partial charge in [-0.05, 0) is 18.3 Å². The number of nitrogens with two attached hydrogens (primary N) is 1. The minimum absolute atomic E-state index is 0.0295. The van der Waals surface area contributed by atoms with E-state index in [1.807, 2.05) is 4.68 Å². The van der Waals surface area contributed by atoms with Crippen molar-refractivity contribution in [2.75, 3.05) is 13.7 Å². The van der Waals surface area contributed by atoms with Gasteiger partial charge in [-0.15, -0.1) is 0 Å². The second-order valence-corrected chi connectivity index (χ2v) is 5.96. The molecule has 1 unspecified atom stereocenters. The van der Waals surface area contributed by atoms with Crippen LogP contribution >= 0.6 is 11.6 Å². The number of ether oxygens (including phenoxy) is 1. The summed E-state index contributed by atoms with van der Waals surface area (Å²) in [4.78, 5) is 0. The molecule has 19 heavy (non-hydrogen) atoms. The third-order valence-corrected chi connectivity index (χ3v) is 4.51. The van der Waals surface area contributed by atoms with E-state index in [2.05, 4.69) is 17.4 Å². The van der Waals surface area contributed by atoms with Crippen molar-refractivity contribution >= 4 is 11.6 Å². The number of hydrogen-bond donors (Lipinski definition) is 2. The summed E-state index contributed by atoms with van der Waals surface area (Å²) in [5.74, 6) is 5.81. The van der Waals surface area contributed by atoms with E-state index in [1.165, 1.54) is 12.8 Å². The molecule has 1 aromatic rings. The van der Waals surface area contributed by atoms with Crippen LogP contribution in [-0.2, 0) is 11.3 Å². The van der Waals surface area contributed by atoms with E-state index in [-0.39, 0.29) is 11.5 Å². The SMILES string of the molecule is COCCn1ncc(Cl)c1C(NN)C1(C)CCCC1. The average Bonchev–Trinajstić information content (AvgIpc) is 2.97. The maximum atomic E-state index is 6.32. The van der Waals surface area contributed by atoms with E-state index in [1.54, 1.807) is 13.3 Å². The number of methoxy groups -OCH3 is 1. The molecule has 0 aliphatic heterocycles. The molecule has 0 radical (unpaired) electrons.